The summed E-state index contributed by atoms with van der Waals surface area (Å²) in [6.45, 7) is 3.81. The fourth-order valence-electron chi connectivity index (χ4n) is 2.75. The van der Waals surface area contributed by atoms with Gasteiger partial charge in [-0.1, -0.05) is 29.8 Å². The summed E-state index contributed by atoms with van der Waals surface area (Å²) >= 11 is 6.07. The Kier molecular flexibility index (Phi) is 5.09. The Labute approximate surface area is 166 Å². The van der Waals surface area contributed by atoms with Gasteiger partial charge in [-0.2, -0.15) is 13.5 Å². The van der Waals surface area contributed by atoms with Crippen molar-refractivity contribution in [2.45, 2.75) is 18.9 Å². The average molecular weight is 422 g/mol. The standard InChI is InChI=1S/C17H16ClN5O4S/c1-9-5-4-6-10(2)15(9)11-7-13(18)20-17(19-11)22-28(26,27)14-8-12(16(24)25)23(3)21-14/h4-8H,1-3H3,(H,24,25)(H,19,20,22). The van der Waals surface area contributed by atoms with E-state index in [1.807, 2.05) is 32.0 Å². The minimum atomic E-state index is -4.21. The van der Waals surface area contributed by atoms with Gasteiger partial charge in [0.25, 0.3) is 10.0 Å². The molecule has 28 heavy (non-hydrogen) atoms. The third-order valence-electron chi connectivity index (χ3n) is 4.01. The zero-order valence-corrected chi connectivity index (χ0v) is 16.7. The van der Waals surface area contributed by atoms with E-state index in [9.17, 15) is 13.2 Å². The maximum Gasteiger partial charge on any atom is 0.354 e. The van der Waals surface area contributed by atoms with Gasteiger partial charge in [0.05, 0.1) is 5.69 Å². The summed E-state index contributed by atoms with van der Waals surface area (Å²) in [5, 5.41) is 12.4. The van der Waals surface area contributed by atoms with Gasteiger partial charge >= 0.3 is 5.97 Å². The van der Waals surface area contributed by atoms with E-state index < -0.39 is 21.0 Å². The van der Waals surface area contributed by atoms with E-state index in [4.69, 9.17) is 16.7 Å². The van der Waals surface area contributed by atoms with E-state index in [0.717, 1.165) is 27.4 Å². The average Bonchev–Trinajstić information content (AvgIpc) is 2.97. The Balaban J connectivity index is 2.02. The number of nitrogens with one attached hydrogen (secondary N) is 1. The number of aromatic nitrogens is 4. The first-order valence-electron chi connectivity index (χ1n) is 8.00. The molecule has 0 spiro atoms. The molecule has 0 saturated heterocycles. The molecule has 3 aromatic rings. The van der Waals surface area contributed by atoms with Crippen LogP contribution in [0.5, 0.6) is 0 Å². The van der Waals surface area contributed by atoms with E-state index in [1.165, 1.54) is 13.1 Å². The number of nitrogens with zero attached hydrogens (tertiary/aromatic N) is 4. The molecule has 0 radical (unpaired) electrons. The molecule has 0 bridgehead atoms. The fraction of sp³-hybridized carbons (Fsp3) is 0.176. The molecule has 11 heteroatoms. The number of aryl methyl sites for hydroxylation is 3. The lowest BCUT2D eigenvalue weighted by Gasteiger charge is -2.11. The number of halogens is 1. The first-order valence-corrected chi connectivity index (χ1v) is 9.86. The molecule has 0 saturated carbocycles. The molecule has 0 amide bonds. The molecule has 3 rings (SSSR count). The predicted octanol–water partition coefficient (Wildman–Crippen LogP) is 2.65. The molecule has 146 valence electrons. The highest BCUT2D eigenvalue weighted by Crippen LogP contribution is 2.28. The molecule has 0 atom stereocenters. The van der Waals surface area contributed by atoms with Crippen LogP contribution in [0.1, 0.15) is 21.6 Å². The number of rotatable bonds is 5. The van der Waals surface area contributed by atoms with Gasteiger partial charge in [-0.3, -0.25) is 4.68 Å². The minimum absolute atomic E-state index is 0.0533. The molecule has 2 heterocycles. The van der Waals surface area contributed by atoms with Gasteiger partial charge in [0.2, 0.25) is 5.95 Å². The molecule has 0 aliphatic carbocycles. The van der Waals surface area contributed by atoms with Crippen molar-refractivity contribution in [1.82, 2.24) is 19.7 Å². The van der Waals surface area contributed by atoms with Crippen LogP contribution in [0.4, 0.5) is 5.95 Å². The SMILES string of the molecule is Cc1cccc(C)c1-c1cc(Cl)nc(NS(=O)(=O)c2cc(C(=O)O)n(C)n2)n1. The third kappa shape index (κ3) is 3.82. The highest BCUT2D eigenvalue weighted by atomic mass is 35.5. The second-order valence-corrected chi connectivity index (χ2v) is 8.08. The maximum absolute atomic E-state index is 12.6. The van der Waals surface area contributed by atoms with Crippen LogP contribution in [-0.2, 0) is 17.1 Å². The number of hydrogen-bond acceptors (Lipinski definition) is 6. The van der Waals surface area contributed by atoms with Crippen molar-refractivity contribution in [1.29, 1.82) is 0 Å². The van der Waals surface area contributed by atoms with Crippen molar-refractivity contribution in [2.75, 3.05) is 4.72 Å². The Morgan fingerprint density at radius 1 is 1.18 bits per heavy atom. The lowest BCUT2D eigenvalue weighted by atomic mass is 10.00. The van der Waals surface area contributed by atoms with Crippen LogP contribution in [0.2, 0.25) is 5.15 Å². The minimum Gasteiger partial charge on any atom is -0.477 e. The van der Waals surface area contributed by atoms with E-state index in [0.29, 0.717) is 5.69 Å². The number of benzene rings is 1. The first-order chi connectivity index (χ1) is 13.1. The van der Waals surface area contributed by atoms with Gasteiger partial charge in [-0.25, -0.2) is 19.5 Å². The highest BCUT2D eigenvalue weighted by molar-refractivity contribution is 7.92. The van der Waals surface area contributed by atoms with Crippen molar-refractivity contribution in [2.24, 2.45) is 7.05 Å². The molecule has 0 unspecified atom stereocenters. The van der Waals surface area contributed by atoms with Gasteiger partial charge in [0, 0.05) is 24.7 Å². The maximum atomic E-state index is 12.6. The predicted molar refractivity (Wildman–Crippen MR) is 103 cm³/mol. The molecule has 2 N–H and O–H groups in total. The van der Waals surface area contributed by atoms with Crippen LogP contribution >= 0.6 is 11.6 Å². The normalized spacial score (nSPS) is 11.4. The van der Waals surface area contributed by atoms with E-state index in [2.05, 4.69) is 19.8 Å². The van der Waals surface area contributed by atoms with Gasteiger partial charge in [-0.15, -0.1) is 0 Å². The summed E-state index contributed by atoms with van der Waals surface area (Å²) in [5.41, 5.74) is 2.89. The van der Waals surface area contributed by atoms with Gasteiger partial charge in [0.1, 0.15) is 10.8 Å². The number of sulfonamides is 1. The van der Waals surface area contributed by atoms with E-state index in [1.54, 1.807) is 0 Å². The first kappa shape index (κ1) is 19.8. The summed E-state index contributed by atoms with van der Waals surface area (Å²) in [5.74, 6) is -1.54. The van der Waals surface area contributed by atoms with Crippen LogP contribution in [0, 0.1) is 13.8 Å². The molecule has 9 nitrogen and oxygen atoms in total. The summed E-state index contributed by atoms with van der Waals surface area (Å²) in [6, 6.07) is 8.20. The Morgan fingerprint density at radius 3 is 2.39 bits per heavy atom. The Bertz CT molecular complexity index is 1170. The molecule has 0 aliphatic rings. The third-order valence-corrected chi connectivity index (χ3v) is 5.40. The summed E-state index contributed by atoms with van der Waals surface area (Å²) in [7, 11) is -2.88. The van der Waals surface area contributed by atoms with Crippen molar-refractivity contribution in [3.8, 4) is 11.3 Å². The highest BCUT2D eigenvalue weighted by Gasteiger charge is 2.24. The fourth-order valence-corrected chi connectivity index (χ4v) is 3.87. The number of aromatic carboxylic acids is 1. The number of carbonyl (C=O) groups is 1. The second kappa shape index (κ2) is 7.21. The zero-order valence-electron chi connectivity index (χ0n) is 15.1. The van der Waals surface area contributed by atoms with Crippen molar-refractivity contribution in [3.63, 3.8) is 0 Å². The van der Waals surface area contributed by atoms with Gasteiger partial charge in [-0.05, 0) is 25.0 Å². The van der Waals surface area contributed by atoms with Crippen LogP contribution in [-0.4, -0.2) is 39.2 Å². The van der Waals surface area contributed by atoms with Crippen LogP contribution in [0.15, 0.2) is 35.4 Å². The quantitative estimate of drug-likeness (QED) is 0.606. The summed E-state index contributed by atoms with van der Waals surface area (Å²) in [4.78, 5) is 19.3. The lowest BCUT2D eigenvalue weighted by Crippen LogP contribution is -2.16. The van der Waals surface area contributed by atoms with E-state index in [-0.39, 0.29) is 16.8 Å². The zero-order chi connectivity index (χ0) is 20.6. The Hall–Kier alpha value is -2.98. The van der Waals surface area contributed by atoms with Crippen molar-refractivity contribution in [3.05, 3.63) is 52.3 Å². The van der Waals surface area contributed by atoms with Crippen LogP contribution in [0.25, 0.3) is 11.3 Å². The summed E-state index contributed by atoms with van der Waals surface area (Å²) < 4.78 is 28.3. The topological polar surface area (TPSA) is 127 Å². The van der Waals surface area contributed by atoms with Crippen molar-refractivity contribution < 1.29 is 18.3 Å². The largest absolute Gasteiger partial charge is 0.477 e. The monoisotopic (exact) mass is 421 g/mol. The van der Waals surface area contributed by atoms with Gasteiger partial charge in [0.15, 0.2) is 5.03 Å². The molecular formula is C17H16ClN5O4S. The summed E-state index contributed by atoms with van der Waals surface area (Å²) in [6.07, 6.45) is 0. The Morgan fingerprint density at radius 2 is 1.82 bits per heavy atom. The molecule has 0 fully saturated rings. The van der Waals surface area contributed by atoms with Crippen molar-refractivity contribution >= 4 is 33.5 Å². The molecular weight excluding hydrogens is 406 g/mol. The number of carboxylic acids is 1. The smallest absolute Gasteiger partial charge is 0.354 e. The van der Waals surface area contributed by atoms with Gasteiger partial charge < -0.3 is 5.11 Å². The lowest BCUT2D eigenvalue weighted by molar-refractivity contribution is 0.0685. The van der Waals surface area contributed by atoms with Crippen LogP contribution in [0.3, 0.4) is 0 Å². The van der Waals surface area contributed by atoms with E-state index >= 15 is 0 Å². The second-order valence-electron chi connectivity index (χ2n) is 6.07. The number of hydrogen-bond donors (Lipinski definition) is 2. The number of carboxylic acid groups (broad SMARTS) is 1. The molecule has 1 aromatic carbocycles. The number of anilines is 1. The molecule has 0 aliphatic heterocycles. The molecule has 2 aromatic heterocycles. The van der Waals surface area contributed by atoms with Crippen LogP contribution < -0.4 is 4.72 Å².